The third-order valence-corrected chi connectivity index (χ3v) is 5.16. The Morgan fingerprint density at radius 1 is 1.19 bits per heavy atom. The largest absolute Gasteiger partial charge is 0.495 e. The van der Waals surface area contributed by atoms with Gasteiger partial charge < -0.3 is 10.1 Å². The smallest absolute Gasteiger partial charge is 0.246 e. The number of likely N-dealkylation sites (tertiary alicyclic amines) is 1. The Morgan fingerprint density at radius 2 is 1.96 bits per heavy atom. The van der Waals surface area contributed by atoms with Crippen molar-refractivity contribution in [3.63, 3.8) is 0 Å². The molecule has 4 heteroatoms. The number of rotatable bonds is 5. The molecule has 0 radical (unpaired) electrons. The molecule has 138 valence electrons. The van der Waals surface area contributed by atoms with Gasteiger partial charge in [0.15, 0.2) is 0 Å². The predicted molar refractivity (Wildman–Crippen MR) is 106 cm³/mol. The first-order valence-electron chi connectivity index (χ1n) is 9.36. The number of benzene rings is 2. The Balaban J connectivity index is 1.91. The van der Waals surface area contributed by atoms with Crippen LogP contribution < -0.4 is 10.1 Å². The zero-order valence-electron chi connectivity index (χ0n) is 15.9. The van der Waals surface area contributed by atoms with Crippen LogP contribution in [0.1, 0.15) is 43.4 Å². The molecule has 2 atom stereocenters. The van der Waals surface area contributed by atoms with Gasteiger partial charge in [0.05, 0.1) is 12.8 Å². The topological polar surface area (TPSA) is 41.6 Å². The first kappa shape index (κ1) is 18.5. The third-order valence-electron chi connectivity index (χ3n) is 5.16. The molecule has 1 aliphatic heterocycles. The lowest BCUT2D eigenvalue weighted by Gasteiger charge is -2.39. The molecule has 1 N–H and O–H groups in total. The number of carbonyl (C=O) groups is 1. The van der Waals surface area contributed by atoms with Crippen LogP contribution in [0.15, 0.2) is 48.5 Å². The van der Waals surface area contributed by atoms with Crippen LogP contribution in [-0.4, -0.2) is 30.5 Å². The van der Waals surface area contributed by atoms with E-state index in [9.17, 15) is 4.79 Å². The maximum absolute atomic E-state index is 13.3. The number of methoxy groups -OCH3 is 1. The molecule has 0 unspecified atom stereocenters. The van der Waals surface area contributed by atoms with Gasteiger partial charge in [-0.3, -0.25) is 9.69 Å². The van der Waals surface area contributed by atoms with Gasteiger partial charge >= 0.3 is 0 Å². The first-order valence-corrected chi connectivity index (χ1v) is 9.36. The predicted octanol–water partition coefficient (Wildman–Crippen LogP) is 4.56. The SMILES string of the molecule is COc1ccc(C)cc1NC(=O)[C@@H](c1ccccc1)N1CCCC[C@@H]1C. The minimum Gasteiger partial charge on any atom is -0.495 e. The van der Waals surface area contributed by atoms with Gasteiger partial charge in [0.1, 0.15) is 11.8 Å². The lowest BCUT2D eigenvalue weighted by Crippen LogP contribution is -2.45. The van der Waals surface area contributed by atoms with Crippen LogP contribution >= 0.6 is 0 Å². The van der Waals surface area contributed by atoms with Crippen molar-refractivity contribution in [2.75, 3.05) is 19.0 Å². The molecule has 4 nitrogen and oxygen atoms in total. The molecule has 1 aliphatic rings. The van der Waals surface area contributed by atoms with E-state index in [0.717, 1.165) is 36.2 Å². The number of aryl methyl sites for hydroxylation is 1. The molecule has 26 heavy (non-hydrogen) atoms. The van der Waals surface area contributed by atoms with Gasteiger partial charge in [-0.25, -0.2) is 0 Å². The molecule has 1 saturated heterocycles. The van der Waals surface area contributed by atoms with E-state index in [2.05, 4.69) is 17.1 Å². The highest BCUT2D eigenvalue weighted by molar-refractivity contribution is 5.96. The molecule has 0 saturated carbocycles. The van der Waals surface area contributed by atoms with E-state index in [0.29, 0.717) is 11.8 Å². The van der Waals surface area contributed by atoms with Crippen molar-refractivity contribution in [1.82, 2.24) is 4.90 Å². The molecule has 3 rings (SSSR count). The molecule has 2 aromatic rings. The average molecular weight is 352 g/mol. The fourth-order valence-corrected chi connectivity index (χ4v) is 3.75. The van der Waals surface area contributed by atoms with Crippen LogP contribution in [0.25, 0.3) is 0 Å². The van der Waals surface area contributed by atoms with Crippen molar-refractivity contribution < 1.29 is 9.53 Å². The summed E-state index contributed by atoms with van der Waals surface area (Å²) in [5.74, 6) is 0.677. The Labute approximate surface area is 156 Å². The summed E-state index contributed by atoms with van der Waals surface area (Å²) < 4.78 is 5.42. The highest BCUT2D eigenvalue weighted by atomic mass is 16.5. The minimum absolute atomic E-state index is 0.00569. The summed E-state index contributed by atoms with van der Waals surface area (Å²) in [4.78, 5) is 15.7. The summed E-state index contributed by atoms with van der Waals surface area (Å²) in [6.45, 7) is 5.17. The van der Waals surface area contributed by atoms with Gasteiger partial charge in [-0.05, 0) is 56.5 Å². The molecule has 0 aromatic heterocycles. The van der Waals surface area contributed by atoms with Crippen LogP contribution in [0, 0.1) is 6.92 Å². The second-order valence-electron chi connectivity index (χ2n) is 7.09. The normalized spacial score (nSPS) is 19.0. The number of ether oxygens (including phenoxy) is 1. The quantitative estimate of drug-likeness (QED) is 0.858. The van der Waals surface area contributed by atoms with E-state index < -0.39 is 0 Å². The second kappa shape index (κ2) is 8.37. The van der Waals surface area contributed by atoms with Crippen LogP contribution in [0.5, 0.6) is 5.75 Å². The number of carbonyl (C=O) groups excluding carboxylic acids is 1. The molecule has 0 spiro atoms. The van der Waals surface area contributed by atoms with E-state index in [-0.39, 0.29) is 11.9 Å². The Kier molecular flexibility index (Phi) is 5.94. The van der Waals surface area contributed by atoms with Crippen LogP contribution in [0.2, 0.25) is 0 Å². The number of nitrogens with zero attached hydrogens (tertiary/aromatic N) is 1. The van der Waals surface area contributed by atoms with E-state index >= 15 is 0 Å². The van der Waals surface area contributed by atoms with Crippen LogP contribution in [0.4, 0.5) is 5.69 Å². The zero-order chi connectivity index (χ0) is 18.5. The number of hydrogen-bond acceptors (Lipinski definition) is 3. The van der Waals surface area contributed by atoms with E-state index in [1.165, 1.54) is 6.42 Å². The fourth-order valence-electron chi connectivity index (χ4n) is 3.75. The van der Waals surface area contributed by atoms with Gasteiger partial charge in [0.25, 0.3) is 0 Å². The number of amides is 1. The van der Waals surface area contributed by atoms with Gasteiger partial charge in [-0.2, -0.15) is 0 Å². The van der Waals surface area contributed by atoms with E-state index in [1.54, 1.807) is 7.11 Å². The molecule has 0 bridgehead atoms. The van der Waals surface area contributed by atoms with Crippen molar-refractivity contribution in [3.8, 4) is 5.75 Å². The summed E-state index contributed by atoms with van der Waals surface area (Å²) in [5.41, 5.74) is 2.84. The minimum atomic E-state index is -0.295. The Bertz CT molecular complexity index is 745. The lowest BCUT2D eigenvalue weighted by molar-refractivity contribution is -0.123. The van der Waals surface area contributed by atoms with Crippen molar-refractivity contribution in [3.05, 3.63) is 59.7 Å². The second-order valence-corrected chi connectivity index (χ2v) is 7.09. The first-order chi connectivity index (χ1) is 12.6. The van der Waals surface area contributed by atoms with Gasteiger partial charge in [0, 0.05) is 6.04 Å². The molecule has 0 aliphatic carbocycles. The number of piperidine rings is 1. The Morgan fingerprint density at radius 3 is 2.65 bits per heavy atom. The fraction of sp³-hybridized carbons (Fsp3) is 0.409. The van der Waals surface area contributed by atoms with Gasteiger partial charge in [-0.1, -0.05) is 42.8 Å². The van der Waals surface area contributed by atoms with Crippen molar-refractivity contribution in [2.45, 2.75) is 45.2 Å². The molecular weight excluding hydrogens is 324 g/mol. The Hall–Kier alpha value is -2.33. The lowest BCUT2D eigenvalue weighted by atomic mass is 9.96. The summed E-state index contributed by atoms with van der Waals surface area (Å²) >= 11 is 0. The maximum atomic E-state index is 13.3. The average Bonchev–Trinajstić information content (AvgIpc) is 2.65. The molecular formula is C22H28N2O2. The standard InChI is InChI=1S/C22H28N2O2/c1-16-12-13-20(26-3)19(15-16)23-22(25)21(18-10-5-4-6-11-18)24-14-8-7-9-17(24)2/h4-6,10-13,15,17,21H,7-9,14H2,1-3H3,(H,23,25)/t17-,21+/m0/s1. The van der Waals surface area contributed by atoms with Crippen molar-refractivity contribution in [1.29, 1.82) is 0 Å². The van der Waals surface area contributed by atoms with Crippen molar-refractivity contribution in [2.24, 2.45) is 0 Å². The van der Waals surface area contributed by atoms with Crippen molar-refractivity contribution >= 4 is 11.6 Å². The van der Waals surface area contributed by atoms with Gasteiger partial charge in [0.2, 0.25) is 5.91 Å². The van der Waals surface area contributed by atoms with E-state index in [1.807, 2.05) is 55.5 Å². The number of hydrogen-bond donors (Lipinski definition) is 1. The number of nitrogens with one attached hydrogen (secondary N) is 1. The van der Waals surface area contributed by atoms with Crippen LogP contribution in [0.3, 0.4) is 0 Å². The molecule has 2 aromatic carbocycles. The summed E-state index contributed by atoms with van der Waals surface area (Å²) in [6.07, 6.45) is 3.49. The summed E-state index contributed by atoms with van der Waals surface area (Å²) in [6, 6.07) is 16.0. The molecule has 1 amide bonds. The molecule has 1 fully saturated rings. The third kappa shape index (κ3) is 4.07. The van der Waals surface area contributed by atoms with E-state index in [4.69, 9.17) is 4.74 Å². The zero-order valence-corrected chi connectivity index (χ0v) is 15.9. The highest BCUT2D eigenvalue weighted by Crippen LogP contribution is 2.32. The summed E-state index contributed by atoms with van der Waals surface area (Å²) in [5, 5.41) is 3.11. The monoisotopic (exact) mass is 352 g/mol. The molecule has 1 heterocycles. The van der Waals surface area contributed by atoms with Gasteiger partial charge in [-0.15, -0.1) is 0 Å². The highest BCUT2D eigenvalue weighted by Gasteiger charge is 2.32. The number of anilines is 1. The maximum Gasteiger partial charge on any atom is 0.246 e. The summed E-state index contributed by atoms with van der Waals surface area (Å²) in [7, 11) is 1.63. The van der Waals surface area contributed by atoms with Crippen LogP contribution in [-0.2, 0) is 4.79 Å².